The summed E-state index contributed by atoms with van der Waals surface area (Å²) >= 11 is 1.23. The lowest BCUT2D eigenvalue weighted by Crippen LogP contribution is -2.45. The zero-order valence-corrected chi connectivity index (χ0v) is 14.9. The summed E-state index contributed by atoms with van der Waals surface area (Å²) in [5.41, 5.74) is 0. The zero-order chi connectivity index (χ0) is 19.1. The standard InChI is InChI=1S/C17H17F3N2O3S/c1-9-3-5-13(25-9)15(23)21-12-8-22(7-11(12)17(18,19)20)16(24)14-6-4-10(2)26-14/h3-6,11-12H,7-8H2,1-2H3,(H,21,23)/t11-,12-/m1/s1. The van der Waals surface area contributed by atoms with Crippen molar-refractivity contribution in [2.75, 3.05) is 13.1 Å². The summed E-state index contributed by atoms with van der Waals surface area (Å²) in [6.07, 6.45) is -4.53. The highest BCUT2D eigenvalue weighted by Crippen LogP contribution is 2.35. The molecule has 2 aromatic heterocycles. The first-order valence-corrected chi connectivity index (χ1v) is 8.76. The van der Waals surface area contributed by atoms with E-state index in [-0.39, 0.29) is 12.3 Å². The maximum atomic E-state index is 13.4. The molecular formula is C17H17F3N2O3S. The molecule has 2 atom stereocenters. The fourth-order valence-electron chi connectivity index (χ4n) is 2.95. The van der Waals surface area contributed by atoms with Crippen molar-refractivity contribution in [3.8, 4) is 0 Å². The first-order chi connectivity index (χ1) is 12.1. The van der Waals surface area contributed by atoms with Crippen molar-refractivity contribution in [3.63, 3.8) is 0 Å². The Morgan fingerprint density at radius 1 is 1.19 bits per heavy atom. The third-order valence-corrected chi connectivity index (χ3v) is 5.25. The number of nitrogens with zero attached hydrogens (tertiary/aromatic N) is 1. The van der Waals surface area contributed by atoms with Gasteiger partial charge in [-0.1, -0.05) is 0 Å². The molecule has 0 radical (unpaired) electrons. The largest absolute Gasteiger partial charge is 0.456 e. The third-order valence-electron chi connectivity index (χ3n) is 4.26. The lowest BCUT2D eigenvalue weighted by atomic mass is 10.0. The second-order valence-corrected chi connectivity index (χ2v) is 7.55. The molecule has 0 aliphatic carbocycles. The van der Waals surface area contributed by atoms with Gasteiger partial charge in [0.15, 0.2) is 5.76 Å². The van der Waals surface area contributed by atoms with Crippen LogP contribution in [-0.2, 0) is 0 Å². The second-order valence-electron chi connectivity index (χ2n) is 6.26. The lowest BCUT2D eigenvalue weighted by Gasteiger charge is -2.21. The molecule has 0 bridgehead atoms. The number of likely N-dealkylation sites (tertiary alicyclic amines) is 1. The lowest BCUT2D eigenvalue weighted by molar-refractivity contribution is -0.174. The van der Waals surface area contributed by atoms with Gasteiger partial charge in [0.05, 0.1) is 16.8 Å². The van der Waals surface area contributed by atoms with Gasteiger partial charge in [-0.2, -0.15) is 13.2 Å². The van der Waals surface area contributed by atoms with Gasteiger partial charge in [0.25, 0.3) is 11.8 Å². The van der Waals surface area contributed by atoms with Crippen LogP contribution in [0, 0.1) is 19.8 Å². The Balaban J connectivity index is 1.77. The second kappa shape index (κ2) is 6.79. The molecule has 1 fully saturated rings. The van der Waals surface area contributed by atoms with Crippen molar-refractivity contribution in [2.24, 2.45) is 5.92 Å². The summed E-state index contributed by atoms with van der Waals surface area (Å²) < 4.78 is 45.4. The first kappa shape index (κ1) is 18.5. The van der Waals surface area contributed by atoms with E-state index in [1.807, 2.05) is 6.92 Å². The number of furan rings is 1. The predicted octanol–water partition coefficient (Wildman–Crippen LogP) is 3.39. The number of hydrogen-bond acceptors (Lipinski definition) is 4. The molecule has 0 unspecified atom stereocenters. The van der Waals surface area contributed by atoms with E-state index in [4.69, 9.17) is 4.42 Å². The minimum atomic E-state index is -4.53. The van der Waals surface area contributed by atoms with Crippen LogP contribution in [0.3, 0.4) is 0 Å². The Morgan fingerprint density at radius 3 is 2.46 bits per heavy atom. The summed E-state index contributed by atoms with van der Waals surface area (Å²) in [6.45, 7) is 2.76. The number of thiophene rings is 1. The molecule has 3 rings (SSSR count). The smallest absolute Gasteiger partial charge is 0.395 e. The van der Waals surface area contributed by atoms with Crippen LogP contribution in [-0.4, -0.2) is 42.0 Å². The normalized spacial score (nSPS) is 20.4. The van der Waals surface area contributed by atoms with Crippen LogP contribution >= 0.6 is 11.3 Å². The van der Waals surface area contributed by atoms with Crippen molar-refractivity contribution in [3.05, 3.63) is 45.5 Å². The SMILES string of the molecule is Cc1ccc(C(=O)N[C@@H]2CN(C(=O)c3ccc(C)s3)C[C@H]2C(F)(F)F)o1. The fourth-order valence-corrected chi connectivity index (χ4v) is 3.78. The third kappa shape index (κ3) is 3.77. The molecule has 2 aromatic rings. The minimum absolute atomic E-state index is 0.0536. The number of aryl methyl sites for hydroxylation is 2. The van der Waals surface area contributed by atoms with E-state index in [0.29, 0.717) is 10.6 Å². The average Bonchev–Trinajstić information content (AvgIpc) is 3.25. The van der Waals surface area contributed by atoms with Crippen molar-refractivity contribution < 1.29 is 27.2 Å². The number of carbonyl (C=O) groups excluding carboxylic acids is 2. The molecule has 140 valence electrons. The Hall–Kier alpha value is -2.29. The molecule has 0 spiro atoms. The van der Waals surface area contributed by atoms with Gasteiger partial charge in [-0.05, 0) is 38.1 Å². The van der Waals surface area contributed by atoms with Crippen molar-refractivity contribution >= 4 is 23.2 Å². The zero-order valence-electron chi connectivity index (χ0n) is 14.1. The van der Waals surface area contributed by atoms with E-state index in [0.717, 1.165) is 9.78 Å². The van der Waals surface area contributed by atoms with Gasteiger partial charge in [-0.3, -0.25) is 9.59 Å². The van der Waals surface area contributed by atoms with Gasteiger partial charge < -0.3 is 14.6 Å². The molecule has 1 saturated heterocycles. The van der Waals surface area contributed by atoms with E-state index in [2.05, 4.69) is 5.32 Å². The molecule has 0 aromatic carbocycles. The molecule has 1 aliphatic rings. The van der Waals surface area contributed by atoms with E-state index < -0.39 is 36.5 Å². The number of rotatable bonds is 3. The molecule has 5 nitrogen and oxygen atoms in total. The van der Waals surface area contributed by atoms with Gasteiger partial charge in [0.2, 0.25) is 0 Å². The van der Waals surface area contributed by atoms with Crippen LogP contribution in [0.2, 0.25) is 0 Å². The maximum Gasteiger partial charge on any atom is 0.395 e. The summed E-state index contributed by atoms with van der Waals surface area (Å²) in [7, 11) is 0. The van der Waals surface area contributed by atoms with Crippen LogP contribution in [0.1, 0.15) is 30.9 Å². The Labute approximate surface area is 151 Å². The molecular weight excluding hydrogens is 369 g/mol. The van der Waals surface area contributed by atoms with Gasteiger partial charge >= 0.3 is 6.18 Å². The number of hydrogen-bond donors (Lipinski definition) is 1. The van der Waals surface area contributed by atoms with Crippen molar-refractivity contribution in [1.82, 2.24) is 10.2 Å². The van der Waals surface area contributed by atoms with Gasteiger partial charge in [0, 0.05) is 18.0 Å². The van der Waals surface area contributed by atoms with Crippen LogP contribution < -0.4 is 5.32 Å². The Kier molecular flexibility index (Phi) is 4.83. The summed E-state index contributed by atoms with van der Waals surface area (Å²) in [6, 6.07) is 5.08. The molecule has 1 N–H and O–H groups in total. The van der Waals surface area contributed by atoms with E-state index in [1.54, 1.807) is 25.1 Å². The van der Waals surface area contributed by atoms with Crippen LogP contribution in [0.4, 0.5) is 13.2 Å². The van der Waals surface area contributed by atoms with Crippen LogP contribution in [0.5, 0.6) is 0 Å². The van der Waals surface area contributed by atoms with Gasteiger partial charge in [0.1, 0.15) is 5.76 Å². The molecule has 26 heavy (non-hydrogen) atoms. The maximum absolute atomic E-state index is 13.4. The van der Waals surface area contributed by atoms with Crippen molar-refractivity contribution in [1.29, 1.82) is 0 Å². The van der Waals surface area contributed by atoms with E-state index in [1.165, 1.54) is 17.4 Å². The highest BCUT2D eigenvalue weighted by atomic mass is 32.1. The highest BCUT2D eigenvalue weighted by molar-refractivity contribution is 7.13. The molecule has 3 heterocycles. The molecule has 2 amide bonds. The quantitative estimate of drug-likeness (QED) is 0.880. The summed E-state index contributed by atoms with van der Waals surface area (Å²) in [5, 5.41) is 2.36. The fraction of sp³-hybridized carbons (Fsp3) is 0.412. The van der Waals surface area contributed by atoms with Gasteiger partial charge in [-0.15, -0.1) is 11.3 Å². The van der Waals surface area contributed by atoms with E-state index >= 15 is 0 Å². The van der Waals surface area contributed by atoms with Crippen molar-refractivity contribution in [2.45, 2.75) is 26.1 Å². The average molecular weight is 386 g/mol. The van der Waals surface area contributed by atoms with Crippen LogP contribution in [0.25, 0.3) is 0 Å². The number of alkyl halides is 3. The Bertz CT molecular complexity index is 827. The summed E-state index contributed by atoms with van der Waals surface area (Å²) in [4.78, 5) is 27.1. The van der Waals surface area contributed by atoms with E-state index in [9.17, 15) is 22.8 Å². The molecule has 1 aliphatic heterocycles. The molecule has 9 heteroatoms. The summed E-state index contributed by atoms with van der Waals surface area (Å²) in [5.74, 6) is -2.57. The minimum Gasteiger partial charge on any atom is -0.456 e. The number of nitrogens with one attached hydrogen (secondary N) is 1. The highest BCUT2D eigenvalue weighted by Gasteiger charge is 2.51. The monoisotopic (exact) mass is 386 g/mol. The first-order valence-electron chi connectivity index (χ1n) is 7.95. The topological polar surface area (TPSA) is 62.6 Å². The Morgan fingerprint density at radius 2 is 1.92 bits per heavy atom. The van der Waals surface area contributed by atoms with Gasteiger partial charge in [-0.25, -0.2) is 0 Å². The number of amides is 2. The van der Waals surface area contributed by atoms with Crippen LogP contribution in [0.15, 0.2) is 28.7 Å². The predicted molar refractivity (Wildman–Crippen MR) is 89.2 cm³/mol. The number of carbonyl (C=O) groups is 2. The number of halogens is 3. The molecule has 0 saturated carbocycles.